The summed E-state index contributed by atoms with van der Waals surface area (Å²) in [5.41, 5.74) is 2.44. The van der Waals surface area contributed by atoms with Crippen molar-refractivity contribution in [1.82, 2.24) is 55.9 Å². The van der Waals surface area contributed by atoms with Gasteiger partial charge >= 0.3 is 23.9 Å². The van der Waals surface area contributed by atoms with Crippen LogP contribution < -0.4 is 41.4 Å². The molecule has 4 rings (SSSR count). The van der Waals surface area contributed by atoms with E-state index >= 15 is 0 Å². The van der Waals surface area contributed by atoms with Crippen molar-refractivity contribution in [1.29, 1.82) is 0 Å². The minimum absolute atomic E-state index is 0.0305. The van der Waals surface area contributed by atoms with Crippen LogP contribution >= 0.6 is 0 Å². The summed E-state index contributed by atoms with van der Waals surface area (Å²) in [7, 11) is -14.6. The van der Waals surface area contributed by atoms with Crippen LogP contribution in [0.5, 0.6) is 5.75 Å². The number of sulfonamides is 1. The highest BCUT2D eigenvalue weighted by Gasteiger charge is 2.34. The number of aryl methyl sites for hydroxylation is 4. The van der Waals surface area contributed by atoms with Crippen LogP contribution in [-0.4, -0.2) is 274 Å². The highest BCUT2D eigenvalue weighted by molar-refractivity contribution is 7.89. The number of aromatic nitrogens is 1. The number of fused-ring (bicyclic) bond motifs is 1. The lowest BCUT2D eigenvalue weighted by Gasteiger charge is -2.33. The first-order valence-electron chi connectivity index (χ1n) is 28.3. The van der Waals surface area contributed by atoms with Crippen LogP contribution in [0.2, 0.25) is 0 Å². The van der Waals surface area contributed by atoms with Crippen LogP contribution in [0.15, 0.2) is 29.2 Å². The van der Waals surface area contributed by atoms with Crippen molar-refractivity contribution in [3.05, 3.63) is 46.6 Å². The fraction of sp³-hybridized carbons (Fsp3) is 0.615. The SMILES string of the molecule is Cc1cc(OCCCC(=O)NCCNC(=O)C(CS(=O)(=O)O)NC(=O)[C@H](CS(=O)(=O)O)NC(=O)CN2CCN(CC(=O)O)CCN(CC(=O)O)CCN(CC(=O)O)CC2)cc(C)c1S(=O)(=O)NC(CNC(=O)CCCCc1ccc2c(n1)NCCC2)C(=O)O. The van der Waals surface area contributed by atoms with Gasteiger partial charge in [-0.3, -0.25) is 71.9 Å². The molecule has 0 spiro atoms. The lowest BCUT2D eigenvalue weighted by molar-refractivity contribution is -0.140. The normalized spacial score (nSPS) is 16.1. The van der Waals surface area contributed by atoms with Crippen molar-refractivity contribution in [2.24, 2.45) is 0 Å². The van der Waals surface area contributed by atoms with Gasteiger partial charge in [-0.1, -0.05) is 6.07 Å². The predicted octanol–water partition coefficient (Wildman–Crippen LogP) is -4.07. The topological polar surface area (TPSA) is 497 Å². The third kappa shape index (κ3) is 28.9. The van der Waals surface area contributed by atoms with Crippen LogP contribution in [0.1, 0.15) is 60.9 Å². The number of unbranched alkanes of at least 4 members (excludes halogenated alkanes) is 1. The maximum Gasteiger partial charge on any atom is 0.323 e. The summed E-state index contributed by atoms with van der Waals surface area (Å²) in [4.78, 5) is 123. The zero-order valence-electron chi connectivity index (χ0n) is 49.3. The number of ether oxygens (including phenoxy) is 1. The molecular formula is C52H80N12O22S3. The van der Waals surface area contributed by atoms with Crippen molar-refractivity contribution in [2.45, 2.75) is 88.2 Å². The smallest absolute Gasteiger partial charge is 0.323 e. The van der Waals surface area contributed by atoms with Gasteiger partial charge in [-0.2, -0.15) is 21.6 Å². The lowest BCUT2D eigenvalue weighted by Crippen LogP contribution is -2.58. The van der Waals surface area contributed by atoms with Crippen LogP contribution in [0.25, 0.3) is 0 Å². The van der Waals surface area contributed by atoms with Crippen molar-refractivity contribution in [3.8, 4) is 5.75 Å². The predicted molar refractivity (Wildman–Crippen MR) is 315 cm³/mol. The summed E-state index contributed by atoms with van der Waals surface area (Å²) in [5.74, 6) is -11.9. The van der Waals surface area contributed by atoms with Crippen LogP contribution in [0.3, 0.4) is 0 Å². The number of hydrogen-bond donors (Lipinski definition) is 13. The van der Waals surface area contributed by atoms with Gasteiger partial charge in [0.05, 0.1) is 37.7 Å². The molecule has 2 aliphatic heterocycles. The largest absolute Gasteiger partial charge is 0.494 e. The number of hydrogen-bond acceptors (Lipinski definition) is 22. The monoisotopic (exact) mass is 1320 g/mol. The lowest BCUT2D eigenvalue weighted by atomic mass is 10.1. The van der Waals surface area contributed by atoms with E-state index in [9.17, 15) is 97.9 Å². The number of rotatable bonds is 35. The Morgan fingerprint density at radius 1 is 0.607 bits per heavy atom. The number of nitrogens with zero attached hydrogens (tertiary/aromatic N) is 5. The molecule has 0 radical (unpaired) electrons. The summed E-state index contributed by atoms with van der Waals surface area (Å²) in [5, 5.41) is 52.8. The second-order valence-electron chi connectivity index (χ2n) is 21.3. The molecule has 0 bridgehead atoms. The standard InChI is InChI=1S/C52H80N12O22S3/c1-34-25-38(26-35(2)48(34)89(84,85)60-39(52(76)77)27-56-43(66)9-4-3-8-37-12-11-36-7-5-13-54-49(36)57-37)86-24-6-10-42(65)53-14-15-55-50(74)40(32-87(78,79)80)59-51(75)41(33-88(81,82)83)58-44(67)28-61-16-18-62(29-45(68)69)20-22-64(31-47(72)73)23-21-63(19-17-61)30-46(70)71/h11-12,25-26,39-41,60H,3-10,13-24,27-33H2,1-2H3,(H,53,65)(H,54,57)(H,55,74)(H,56,66)(H,58,67)(H,59,75)(H,68,69)(H,70,71)(H,72,73)(H,76,77)(H,78,79,80)(H,81,82,83)/t39?,40?,41-/m0/s1. The minimum Gasteiger partial charge on any atom is -0.494 e. The fourth-order valence-electron chi connectivity index (χ4n) is 9.56. The van der Waals surface area contributed by atoms with Crippen molar-refractivity contribution in [2.75, 3.05) is 128 Å². The van der Waals surface area contributed by atoms with Gasteiger partial charge in [0.2, 0.25) is 39.6 Å². The van der Waals surface area contributed by atoms with Crippen LogP contribution in [0.4, 0.5) is 5.82 Å². The number of anilines is 1. The second kappa shape index (κ2) is 35.8. The highest BCUT2D eigenvalue weighted by atomic mass is 32.2. The molecule has 3 atom stereocenters. The maximum atomic E-state index is 13.5. The number of carboxylic acids is 4. The molecule has 0 saturated carbocycles. The van der Waals surface area contributed by atoms with E-state index in [1.165, 1.54) is 45.6 Å². The first-order chi connectivity index (χ1) is 41.7. The Balaban J connectivity index is 1.25. The molecule has 37 heteroatoms. The number of carbonyl (C=O) groups is 9. The Labute approximate surface area is 514 Å². The van der Waals surface area contributed by atoms with E-state index < -0.39 is 153 Å². The maximum absolute atomic E-state index is 13.5. The molecule has 13 N–H and O–H groups in total. The van der Waals surface area contributed by atoms with E-state index in [0.29, 0.717) is 19.3 Å². The van der Waals surface area contributed by atoms with Gasteiger partial charge in [-0.05, 0) is 87.3 Å². The Kier molecular flexibility index (Phi) is 29.9. The summed E-state index contributed by atoms with van der Waals surface area (Å²) in [6, 6.07) is 0.734. The molecule has 2 aliphatic rings. The molecule has 1 aromatic carbocycles. The highest BCUT2D eigenvalue weighted by Crippen LogP contribution is 2.27. The quantitative estimate of drug-likeness (QED) is 0.0231. The van der Waals surface area contributed by atoms with Gasteiger partial charge in [0, 0.05) is 97.1 Å². The van der Waals surface area contributed by atoms with Crippen LogP contribution in [-0.2, 0) is 86.3 Å². The van der Waals surface area contributed by atoms with E-state index in [1.807, 2.05) is 17.4 Å². The molecule has 89 heavy (non-hydrogen) atoms. The Hall–Kier alpha value is -7.23. The van der Waals surface area contributed by atoms with Gasteiger partial charge in [0.1, 0.15) is 41.2 Å². The summed E-state index contributed by atoms with van der Waals surface area (Å²) in [6.07, 6.45) is 3.84. The number of carbonyl (C=O) groups excluding carboxylic acids is 5. The number of benzene rings is 1. The average molecular weight is 1320 g/mol. The number of aliphatic carboxylic acids is 4. The first kappa shape index (κ1) is 74.2. The Bertz CT molecular complexity index is 3120. The van der Waals surface area contributed by atoms with E-state index in [0.717, 1.165) is 36.5 Å². The summed E-state index contributed by atoms with van der Waals surface area (Å²) >= 11 is 0. The van der Waals surface area contributed by atoms with Gasteiger partial charge in [0.25, 0.3) is 20.2 Å². The molecule has 34 nitrogen and oxygen atoms in total. The molecule has 1 saturated heterocycles. The van der Waals surface area contributed by atoms with Gasteiger partial charge < -0.3 is 57.1 Å². The average Bonchev–Trinajstić information content (AvgIpc) is 2.89. The zero-order chi connectivity index (χ0) is 66.1. The molecule has 5 amide bonds. The van der Waals surface area contributed by atoms with Gasteiger partial charge in [0.15, 0.2) is 0 Å². The molecule has 1 fully saturated rings. The third-order valence-corrected chi connectivity index (χ3v) is 17.1. The summed E-state index contributed by atoms with van der Waals surface area (Å²) in [6.45, 7) is 0.526. The first-order valence-corrected chi connectivity index (χ1v) is 33.0. The van der Waals surface area contributed by atoms with Crippen LogP contribution in [0, 0.1) is 13.8 Å². The number of pyridine rings is 1. The molecule has 1 aromatic heterocycles. The second-order valence-corrected chi connectivity index (χ2v) is 26.0. The van der Waals surface area contributed by atoms with E-state index in [1.54, 1.807) is 0 Å². The van der Waals surface area contributed by atoms with E-state index in [2.05, 4.69) is 36.3 Å². The van der Waals surface area contributed by atoms with E-state index in [-0.39, 0.29) is 107 Å². The third-order valence-electron chi connectivity index (χ3n) is 13.8. The van der Waals surface area contributed by atoms with Gasteiger partial charge in [-0.25, -0.2) is 13.4 Å². The molecule has 0 aliphatic carbocycles. The fourth-order valence-corrected chi connectivity index (χ4v) is 12.5. The Morgan fingerprint density at radius 3 is 1.62 bits per heavy atom. The van der Waals surface area contributed by atoms with Crippen molar-refractivity contribution in [3.63, 3.8) is 0 Å². The summed E-state index contributed by atoms with van der Waals surface area (Å²) < 4.78 is 102. The van der Waals surface area contributed by atoms with Crippen molar-refractivity contribution < 1.29 is 103 Å². The minimum atomic E-state index is -5.11. The molecule has 3 heterocycles. The molecule has 2 aromatic rings. The number of carboxylic acid groups (broad SMARTS) is 4. The zero-order valence-corrected chi connectivity index (χ0v) is 51.8. The molecular weight excluding hydrogens is 1240 g/mol. The number of amides is 5. The van der Waals surface area contributed by atoms with E-state index in [4.69, 9.17) is 4.74 Å². The Morgan fingerprint density at radius 2 is 1.10 bits per heavy atom. The van der Waals surface area contributed by atoms with Gasteiger partial charge in [-0.15, -0.1) is 0 Å². The van der Waals surface area contributed by atoms with Crippen molar-refractivity contribution >= 4 is 89.5 Å². The molecule has 498 valence electrons. The molecule has 2 unspecified atom stereocenters. The number of nitrogens with one attached hydrogen (secondary N) is 7.